The molecule has 2 heterocycles. The Hall–Kier alpha value is -0.950. The number of aromatic nitrogens is 4. The van der Waals surface area contributed by atoms with Crippen molar-refractivity contribution in [3.63, 3.8) is 0 Å². The molecule has 80 valence electrons. The fourth-order valence-electron chi connectivity index (χ4n) is 1.17. The molecule has 2 rings (SSSR count). The van der Waals surface area contributed by atoms with Crippen LogP contribution in [0, 0.1) is 0 Å². The Morgan fingerprint density at radius 3 is 3.13 bits per heavy atom. The SMILES string of the molecule is CCn1cnnc1CNc1nc(Br)cs1. The van der Waals surface area contributed by atoms with Crippen molar-refractivity contribution >= 4 is 32.4 Å². The Labute approximate surface area is 99.7 Å². The molecule has 0 spiro atoms. The molecule has 0 fully saturated rings. The zero-order valence-corrected chi connectivity index (χ0v) is 10.5. The number of hydrogen-bond donors (Lipinski definition) is 1. The number of halogens is 1. The smallest absolute Gasteiger partial charge is 0.184 e. The molecular formula is C8H10BrN5S. The highest BCUT2D eigenvalue weighted by atomic mass is 79.9. The predicted octanol–water partition coefficient (Wildman–Crippen LogP) is 2.13. The Morgan fingerprint density at radius 2 is 2.47 bits per heavy atom. The summed E-state index contributed by atoms with van der Waals surface area (Å²) in [5.74, 6) is 0.920. The maximum Gasteiger partial charge on any atom is 0.184 e. The number of nitrogens with zero attached hydrogens (tertiary/aromatic N) is 4. The van der Waals surface area contributed by atoms with Gasteiger partial charge < -0.3 is 9.88 Å². The summed E-state index contributed by atoms with van der Waals surface area (Å²) in [6.07, 6.45) is 1.73. The fraction of sp³-hybridized carbons (Fsp3) is 0.375. The summed E-state index contributed by atoms with van der Waals surface area (Å²) in [4.78, 5) is 4.23. The van der Waals surface area contributed by atoms with Crippen LogP contribution in [0.2, 0.25) is 0 Å². The van der Waals surface area contributed by atoms with Gasteiger partial charge in [0.25, 0.3) is 0 Å². The quantitative estimate of drug-likeness (QED) is 0.936. The van der Waals surface area contributed by atoms with E-state index in [1.807, 2.05) is 9.95 Å². The van der Waals surface area contributed by atoms with Crippen LogP contribution in [0.1, 0.15) is 12.7 Å². The van der Waals surface area contributed by atoms with E-state index in [0.29, 0.717) is 6.54 Å². The summed E-state index contributed by atoms with van der Waals surface area (Å²) < 4.78 is 2.85. The lowest BCUT2D eigenvalue weighted by Gasteiger charge is -2.03. The minimum Gasteiger partial charge on any atom is -0.354 e. The van der Waals surface area contributed by atoms with Gasteiger partial charge in [-0.25, -0.2) is 4.98 Å². The molecule has 0 radical (unpaired) electrons. The number of anilines is 1. The Balaban J connectivity index is 1.98. The second-order valence-corrected chi connectivity index (χ2v) is 4.53. The van der Waals surface area contributed by atoms with E-state index in [2.05, 4.69) is 43.4 Å². The monoisotopic (exact) mass is 287 g/mol. The Bertz CT molecular complexity index is 438. The van der Waals surface area contributed by atoms with Gasteiger partial charge in [0.1, 0.15) is 10.9 Å². The van der Waals surface area contributed by atoms with Crippen LogP contribution in [0.5, 0.6) is 0 Å². The van der Waals surface area contributed by atoms with Gasteiger partial charge in [-0.1, -0.05) is 0 Å². The zero-order valence-electron chi connectivity index (χ0n) is 8.14. The lowest BCUT2D eigenvalue weighted by atomic mass is 10.5. The molecule has 7 heteroatoms. The molecule has 0 unspecified atom stereocenters. The van der Waals surface area contributed by atoms with Gasteiger partial charge in [-0.05, 0) is 22.9 Å². The van der Waals surface area contributed by atoms with Crippen LogP contribution >= 0.6 is 27.3 Å². The number of hydrogen-bond acceptors (Lipinski definition) is 5. The summed E-state index contributed by atoms with van der Waals surface area (Å²) in [6, 6.07) is 0. The molecule has 2 aromatic rings. The molecule has 0 aliphatic rings. The topological polar surface area (TPSA) is 55.6 Å². The first-order chi connectivity index (χ1) is 7.29. The van der Waals surface area contributed by atoms with E-state index < -0.39 is 0 Å². The average Bonchev–Trinajstić information content (AvgIpc) is 2.83. The summed E-state index contributed by atoms with van der Waals surface area (Å²) in [6.45, 7) is 3.59. The first-order valence-corrected chi connectivity index (χ1v) is 6.18. The Morgan fingerprint density at radius 1 is 1.60 bits per heavy atom. The molecule has 5 nitrogen and oxygen atoms in total. The minimum absolute atomic E-state index is 0.647. The molecule has 0 aliphatic carbocycles. The summed E-state index contributed by atoms with van der Waals surface area (Å²) in [5.41, 5.74) is 0. The number of rotatable bonds is 4. The maximum absolute atomic E-state index is 4.23. The standard InChI is InChI=1S/C8H10BrN5S/c1-2-14-5-11-13-7(14)3-10-8-12-6(9)4-15-8/h4-5H,2-3H2,1H3,(H,10,12). The van der Waals surface area contributed by atoms with Crippen LogP contribution in [0.3, 0.4) is 0 Å². The van der Waals surface area contributed by atoms with Gasteiger partial charge in [-0.2, -0.15) is 0 Å². The van der Waals surface area contributed by atoms with Crippen molar-refractivity contribution in [2.24, 2.45) is 0 Å². The molecule has 0 atom stereocenters. The predicted molar refractivity (Wildman–Crippen MR) is 62.8 cm³/mol. The van der Waals surface area contributed by atoms with E-state index in [-0.39, 0.29) is 0 Å². The molecular weight excluding hydrogens is 278 g/mol. The average molecular weight is 288 g/mol. The van der Waals surface area contributed by atoms with Crippen molar-refractivity contribution in [3.05, 3.63) is 22.1 Å². The first kappa shape index (κ1) is 10.6. The lowest BCUT2D eigenvalue weighted by molar-refractivity contribution is 0.708. The summed E-state index contributed by atoms with van der Waals surface area (Å²) in [5, 5.41) is 13.9. The third-order valence-electron chi connectivity index (χ3n) is 1.91. The van der Waals surface area contributed by atoms with Crippen LogP contribution < -0.4 is 5.32 Å². The third kappa shape index (κ3) is 2.54. The normalized spacial score (nSPS) is 10.5. The van der Waals surface area contributed by atoms with Gasteiger partial charge in [0, 0.05) is 11.9 Å². The molecule has 0 saturated heterocycles. The molecule has 0 amide bonds. The summed E-state index contributed by atoms with van der Waals surface area (Å²) in [7, 11) is 0. The van der Waals surface area contributed by atoms with Crippen LogP contribution in [-0.2, 0) is 13.1 Å². The van der Waals surface area contributed by atoms with Crippen LogP contribution in [0.4, 0.5) is 5.13 Å². The van der Waals surface area contributed by atoms with E-state index in [4.69, 9.17) is 0 Å². The molecule has 0 aromatic carbocycles. The van der Waals surface area contributed by atoms with E-state index in [1.54, 1.807) is 17.7 Å². The second kappa shape index (κ2) is 4.71. The van der Waals surface area contributed by atoms with Crippen molar-refractivity contribution in [2.75, 3.05) is 5.32 Å². The van der Waals surface area contributed by atoms with Gasteiger partial charge in [0.2, 0.25) is 0 Å². The van der Waals surface area contributed by atoms with Crippen LogP contribution in [-0.4, -0.2) is 19.7 Å². The minimum atomic E-state index is 0.647. The Kier molecular flexibility index (Phi) is 3.32. The van der Waals surface area contributed by atoms with E-state index >= 15 is 0 Å². The van der Waals surface area contributed by atoms with Gasteiger partial charge in [-0.15, -0.1) is 21.5 Å². The highest BCUT2D eigenvalue weighted by Crippen LogP contribution is 2.19. The summed E-state index contributed by atoms with van der Waals surface area (Å²) >= 11 is 4.86. The van der Waals surface area contributed by atoms with Crippen molar-refractivity contribution in [1.29, 1.82) is 0 Å². The molecule has 0 aliphatic heterocycles. The van der Waals surface area contributed by atoms with E-state index in [0.717, 1.165) is 22.1 Å². The number of nitrogens with one attached hydrogen (secondary N) is 1. The van der Waals surface area contributed by atoms with Gasteiger partial charge >= 0.3 is 0 Å². The number of aryl methyl sites for hydroxylation is 1. The van der Waals surface area contributed by atoms with Gasteiger partial charge in [0.05, 0.1) is 6.54 Å². The van der Waals surface area contributed by atoms with Crippen molar-refractivity contribution < 1.29 is 0 Å². The third-order valence-corrected chi connectivity index (χ3v) is 3.42. The molecule has 0 bridgehead atoms. The van der Waals surface area contributed by atoms with Crippen molar-refractivity contribution in [2.45, 2.75) is 20.0 Å². The van der Waals surface area contributed by atoms with Crippen LogP contribution in [0.25, 0.3) is 0 Å². The zero-order chi connectivity index (χ0) is 10.7. The largest absolute Gasteiger partial charge is 0.354 e. The highest BCUT2D eigenvalue weighted by molar-refractivity contribution is 9.10. The second-order valence-electron chi connectivity index (χ2n) is 2.86. The fourth-order valence-corrected chi connectivity index (χ4v) is 2.31. The maximum atomic E-state index is 4.23. The van der Waals surface area contributed by atoms with E-state index in [1.165, 1.54) is 0 Å². The molecule has 15 heavy (non-hydrogen) atoms. The van der Waals surface area contributed by atoms with Crippen molar-refractivity contribution in [3.8, 4) is 0 Å². The molecule has 1 N–H and O–H groups in total. The first-order valence-electron chi connectivity index (χ1n) is 4.51. The van der Waals surface area contributed by atoms with Gasteiger partial charge in [0.15, 0.2) is 11.0 Å². The van der Waals surface area contributed by atoms with E-state index in [9.17, 15) is 0 Å². The lowest BCUT2D eigenvalue weighted by Crippen LogP contribution is -2.07. The van der Waals surface area contributed by atoms with Gasteiger partial charge in [-0.3, -0.25) is 0 Å². The molecule has 0 saturated carbocycles. The highest BCUT2D eigenvalue weighted by Gasteiger charge is 2.03. The van der Waals surface area contributed by atoms with Crippen molar-refractivity contribution in [1.82, 2.24) is 19.7 Å². The molecule has 2 aromatic heterocycles. The number of thiazole rings is 1. The van der Waals surface area contributed by atoms with Crippen LogP contribution in [0.15, 0.2) is 16.3 Å².